The average molecular weight is 238 g/mol. The van der Waals surface area contributed by atoms with E-state index >= 15 is 0 Å². The molecule has 1 aromatic rings. The Labute approximate surface area is 95.2 Å². The van der Waals surface area contributed by atoms with Crippen LogP contribution >= 0.6 is 0 Å². The SMILES string of the molecule is Cn1c2c(c(=O)n(C)c1=O)/C(=C/C(=O)O)CO2. The van der Waals surface area contributed by atoms with Gasteiger partial charge in [0.25, 0.3) is 5.56 Å². The summed E-state index contributed by atoms with van der Waals surface area (Å²) >= 11 is 0. The van der Waals surface area contributed by atoms with Crippen LogP contribution in [0.15, 0.2) is 15.7 Å². The van der Waals surface area contributed by atoms with Gasteiger partial charge in [-0.2, -0.15) is 0 Å². The van der Waals surface area contributed by atoms with Crippen LogP contribution in [-0.2, 0) is 18.9 Å². The van der Waals surface area contributed by atoms with Crippen LogP contribution in [0.1, 0.15) is 5.56 Å². The van der Waals surface area contributed by atoms with Crippen molar-refractivity contribution in [3.8, 4) is 5.88 Å². The molecule has 2 heterocycles. The van der Waals surface area contributed by atoms with Crippen molar-refractivity contribution in [2.75, 3.05) is 6.61 Å². The molecule has 1 aromatic heterocycles. The fourth-order valence-corrected chi connectivity index (χ4v) is 1.75. The molecule has 7 heteroatoms. The maximum Gasteiger partial charge on any atom is 0.333 e. The van der Waals surface area contributed by atoms with Crippen LogP contribution in [0.4, 0.5) is 0 Å². The average Bonchev–Trinajstić information content (AvgIpc) is 2.66. The molecular weight excluding hydrogens is 228 g/mol. The number of carboxylic acids is 1. The zero-order chi connectivity index (χ0) is 12.7. The largest absolute Gasteiger partial charge is 0.478 e. The lowest BCUT2D eigenvalue weighted by molar-refractivity contribution is -0.131. The molecule has 17 heavy (non-hydrogen) atoms. The number of carbonyl (C=O) groups is 1. The van der Waals surface area contributed by atoms with E-state index in [1.165, 1.54) is 18.7 Å². The van der Waals surface area contributed by atoms with Crippen LogP contribution in [0.2, 0.25) is 0 Å². The monoisotopic (exact) mass is 238 g/mol. The molecule has 0 bridgehead atoms. The molecule has 0 saturated carbocycles. The molecule has 0 radical (unpaired) electrons. The Kier molecular flexibility index (Phi) is 2.38. The van der Waals surface area contributed by atoms with Gasteiger partial charge < -0.3 is 9.84 Å². The van der Waals surface area contributed by atoms with Gasteiger partial charge in [-0.25, -0.2) is 9.59 Å². The molecule has 0 unspecified atom stereocenters. The Bertz CT molecular complexity index is 650. The predicted molar refractivity (Wildman–Crippen MR) is 58.0 cm³/mol. The minimum Gasteiger partial charge on any atom is -0.478 e. The molecular formula is C10H10N2O5. The second-order valence-electron chi connectivity index (χ2n) is 3.68. The lowest BCUT2D eigenvalue weighted by Gasteiger charge is -2.06. The summed E-state index contributed by atoms with van der Waals surface area (Å²) in [7, 11) is 2.80. The minimum absolute atomic E-state index is 0.0197. The van der Waals surface area contributed by atoms with Gasteiger partial charge in [0.15, 0.2) is 0 Å². The molecule has 0 spiro atoms. The van der Waals surface area contributed by atoms with E-state index in [0.717, 1.165) is 10.6 Å². The van der Waals surface area contributed by atoms with E-state index in [4.69, 9.17) is 9.84 Å². The summed E-state index contributed by atoms with van der Waals surface area (Å²) in [6.07, 6.45) is 0.914. The Morgan fingerprint density at radius 1 is 1.35 bits per heavy atom. The second-order valence-corrected chi connectivity index (χ2v) is 3.68. The Morgan fingerprint density at radius 3 is 2.59 bits per heavy atom. The van der Waals surface area contributed by atoms with Gasteiger partial charge in [0, 0.05) is 25.7 Å². The van der Waals surface area contributed by atoms with Gasteiger partial charge in [-0.3, -0.25) is 13.9 Å². The highest BCUT2D eigenvalue weighted by atomic mass is 16.5. The fraction of sp³-hybridized carbons (Fsp3) is 0.300. The first kappa shape index (κ1) is 11.2. The van der Waals surface area contributed by atoms with Gasteiger partial charge in [-0.15, -0.1) is 0 Å². The summed E-state index contributed by atoms with van der Waals surface area (Å²) in [6, 6.07) is 0. The topological polar surface area (TPSA) is 90.5 Å². The maximum atomic E-state index is 11.9. The summed E-state index contributed by atoms with van der Waals surface area (Å²) in [6.45, 7) is -0.0197. The van der Waals surface area contributed by atoms with Crippen molar-refractivity contribution < 1.29 is 14.6 Å². The number of rotatable bonds is 1. The predicted octanol–water partition coefficient (Wildman–Crippen LogP) is -1.06. The van der Waals surface area contributed by atoms with E-state index in [2.05, 4.69) is 0 Å². The van der Waals surface area contributed by atoms with Crippen molar-refractivity contribution in [3.63, 3.8) is 0 Å². The zero-order valence-electron chi connectivity index (χ0n) is 9.26. The van der Waals surface area contributed by atoms with Crippen molar-refractivity contribution in [1.82, 2.24) is 9.13 Å². The number of carboxylic acid groups (broad SMARTS) is 1. The van der Waals surface area contributed by atoms with E-state index in [-0.39, 0.29) is 23.6 Å². The number of ether oxygens (including phenoxy) is 1. The molecule has 0 fully saturated rings. The quantitative estimate of drug-likeness (QED) is 0.630. The van der Waals surface area contributed by atoms with Crippen LogP contribution in [-0.4, -0.2) is 26.8 Å². The first-order valence-corrected chi connectivity index (χ1v) is 4.80. The van der Waals surface area contributed by atoms with Crippen molar-refractivity contribution in [3.05, 3.63) is 32.5 Å². The lowest BCUT2D eigenvalue weighted by Crippen LogP contribution is -2.38. The molecule has 1 aliphatic heterocycles. The van der Waals surface area contributed by atoms with E-state index in [1.54, 1.807) is 0 Å². The molecule has 0 aromatic carbocycles. The minimum atomic E-state index is -1.16. The van der Waals surface area contributed by atoms with Gasteiger partial charge >= 0.3 is 11.7 Å². The molecule has 1 aliphatic rings. The normalized spacial score (nSPS) is 15.8. The number of hydrogen-bond donors (Lipinski definition) is 1. The first-order valence-electron chi connectivity index (χ1n) is 4.80. The summed E-state index contributed by atoms with van der Waals surface area (Å²) in [4.78, 5) is 34.1. The standard InChI is InChI=1S/C10H10N2O5/c1-11-8(15)7-5(3-6(13)14)4-17-9(7)12(2)10(11)16/h3H,4H2,1-2H3,(H,13,14)/b5-3+. The molecule has 7 nitrogen and oxygen atoms in total. The maximum absolute atomic E-state index is 11.9. The fourth-order valence-electron chi connectivity index (χ4n) is 1.75. The van der Waals surface area contributed by atoms with Crippen molar-refractivity contribution in [1.29, 1.82) is 0 Å². The number of aromatic nitrogens is 2. The van der Waals surface area contributed by atoms with Gasteiger partial charge in [-0.05, 0) is 0 Å². The van der Waals surface area contributed by atoms with Crippen LogP contribution in [0, 0.1) is 0 Å². The highest BCUT2D eigenvalue weighted by Gasteiger charge is 2.27. The molecule has 0 aliphatic carbocycles. The third kappa shape index (κ3) is 1.55. The van der Waals surface area contributed by atoms with Crippen LogP contribution in [0.5, 0.6) is 5.88 Å². The number of hydrogen-bond acceptors (Lipinski definition) is 4. The molecule has 90 valence electrons. The zero-order valence-corrected chi connectivity index (χ0v) is 9.26. The summed E-state index contributed by atoms with van der Waals surface area (Å²) < 4.78 is 7.28. The smallest absolute Gasteiger partial charge is 0.333 e. The van der Waals surface area contributed by atoms with Gasteiger partial charge in [0.1, 0.15) is 12.2 Å². The molecule has 1 N–H and O–H groups in total. The Hall–Kier alpha value is -2.31. The highest BCUT2D eigenvalue weighted by molar-refractivity contribution is 5.91. The van der Waals surface area contributed by atoms with Gasteiger partial charge in [-0.1, -0.05) is 0 Å². The van der Waals surface area contributed by atoms with Gasteiger partial charge in [0.05, 0.1) is 0 Å². The van der Waals surface area contributed by atoms with Gasteiger partial charge in [0.2, 0.25) is 5.88 Å². The molecule has 0 saturated heterocycles. The van der Waals surface area contributed by atoms with Crippen LogP contribution < -0.4 is 16.0 Å². The lowest BCUT2D eigenvalue weighted by atomic mass is 10.1. The molecule has 0 amide bonds. The van der Waals surface area contributed by atoms with Crippen molar-refractivity contribution in [2.24, 2.45) is 14.1 Å². The van der Waals surface area contributed by atoms with Crippen LogP contribution in [0.25, 0.3) is 5.57 Å². The Balaban J connectivity index is 2.82. The van der Waals surface area contributed by atoms with Crippen molar-refractivity contribution >= 4 is 11.5 Å². The molecule has 0 atom stereocenters. The van der Waals surface area contributed by atoms with E-state index in [0.29, 0.717) is 0 Å². The second kappa shape index (κ2) is 3.62. The third-order valence-electron chi connectivity index (χ3n) is 2.59. The van der Waals surface area contributed by atoms with Crippen LogP contribution in [0.3, 0.4) is 0 Å². The highest BCUT2D eigenvalue weighted by Crippen LogP contribution is 2.28. The number of nitrogens with zero attached hydrogens (tertiary/aromatic N) is 2. The molecule has 2 rings (SSSR count). The summed E-state index contributed by atoms with van der Waals surface area (Å²) in [5.41, 5.74) is -0.654. The number of aliphatic carboxylic acids is 1. The van der Waals surface area contributed by atoms with E-state index in [1.807, 2.05) is 0 Å². The third-order valence-corrected chi connectivity index (χ3v) is 2.59. The van der Waals surface area contributed by atoms with Crippen molar-refractivity contribution in [2.45, 2.75) is 0 Å². The van der Waals surface area contributed by atoms with E-state index < -0.39 is 17.2 Å². The summed E-state index contributed by atoms with van der Waals surface area (Å²) in [5, 5.41) is 8.67. The first-order chi connectivity index (χ1) is 7.93. The Morgan fingerprint density at radius 2 is 2.00 bits per heavy atom. The summed E-state index contributed by atoms with van der Waals surface area (Å²) in [5.74, 6) is -1.04. The number of fused-ring (bicyclic) bond motifs is 1. The van der Waals surface area contributed by atoms with E-state index in [9.17, 15) is 14.4 Å².